The molecule has 1 fully saturated rings. The third kappa shape index (κ3) is 2.25. The Bertz CT molecular complexity index is 1330. The molecule has 158 valence electrons. The normalized spacial score (nSPS) is 27.2. The molecule has 6 nitrogen and oxygen atoms in total. The highest BCUT2D eigenvalue weighted by Crippen LogP contribution is 2.66. The Balaban J connectivity index is 1.61. The molecule has 2 bridgehead atoms. The molecule has 32 heavy (non-hydrogen) atoms. The van der Waals surface area contributed by atoms with Crippen molar-refractivity contribution in [1.29, 1.82) is 0 Å². The molecule has 2 amide bonds. The SMILES string of the molecule is O=C1[C@@H]2[C@@H](C(=O)N1c1ccc(Br)cc1[N+](=O)[O-])C1c3ccccc3C2(Cl)c2ccccc21. The van der Waals surface area contributed by atoms with Crippen LogP contribution in [0.4, 0.5) is 11.4 Å². The van der Waals surface area contributed by atoms with E-state index in [2.05, 4.69) is 15.9 Å². The summed E-state index contributed by atoms with van der Waals surface area (Å²) in [5.41, 5.74) is 3.15. The molecule has 0 radical (unpaired) electrons. The summed E-state index contributed by atoms with van der Waals surface area (Å²) in [6.07, 6.45) is 0. The van der Waals surface area contributed by atoms with Gasteiger partial charge in [0.05, 0.1) is 16.8 Å². The maximum Gasteiger partial charge on any atom is 0.294 e. The van der Waals surface area contributed by atoms with Crippen molar-refractivity contribution in [2.45, 2.75) is 10.8 Å². The molecule has 8 heteroatoms. The van der Waals surface area contributed by atoms with Crippen LogP contribution in [-0.4, -0.2) is 16.7 Å². The predicted molar refractivity (Wildman–Crippen MR) is 122 cm³/mol. The van der Waals surface area contributed by atoms with E-state index >= 15 is 0 Å². The number of rotatable bonds is 2. The summed E-state index contributed by atoms with van der Waals surface area (Å²) < 4.78 is 0.484. The number of benzene rings is 3. The second-order valence-electron chi connectivity index (χ2n) is 8.27. The zero-order valence-corrected chi connectivity index (χ0v) is 18.7. The van der Waals surface area contributed by atoms with Crippen molar-refractivity contribution in [1.82, 2.24) is 0 Å². The third-order valence-corrected chi connectivity index (χ3v) is 8.03. The van der Waals surface area contributed by atoms with Gasteiger partial charge < -0.3 is 0 Å². The molecule has 3 aromatic carbocycles. The number of hydrogen-bond acceptors (Lipinski definition) is 4. The molecule has 0 spiro atoms. The van der Waals surface area contributed by atoms with E-state index in [1.807, 2.05) is 48.5 Å². The van der Waals surface area contributed by atoms with E-state index in [9.17, 15) is 19.7 Å². The molecule has 1 saturated heterocycles. The molecule has 0 saturated carbocycles. The van der Waals surface area contributed by atoms with Gasteiger partial charge in [0, 0.05) is 16.5 Å². The van der Waals surface area contributed by atoms with Crippen LogP contribution in [0.1, 0.15) is 28.2 Å². The molecule has 0 N–H and O–H groups in total. The molecule has 3 aromatic rings. The van der Waals surface area contributed by atoms with Crippen LogP contribution in [0.2, 0.25) is 0 Å². The molecule has 4 aliphatic rings. The molecule has 1 aliphatic heterocycles. The first-order valence-electron chi connectivity index (χ1n) is 10.0. The van der Waals surface area contributed by atoms with E-state index in [-0.39, 0.29) is 17.3 Å². The van der Waals surface area contributed by atoms with Gasteiger partial charge in [0.15, 0.2) is 0 Å². The maximum atomic E-state index is 13.8. The van der Waals surface area contributed by atoms with Crippen LogP contribution in [0.5, 0.6) is 0 Å². The van der Waals surface area contributed by atoms with Crippen LogP contribution in [0.3, 0.4) is 0 Å². The van der Waals surface area contributed by atoms with Gasteiger partial charge in [0.2, 0.25) is 11.8 Å². The summed E-state index contributed by atoms with van der Waals surface area (Å²) in [5.74, 6) is -2.88. The largest absolute Gasteiger partial charge is 0.294 e. The summed E-state index contributed by atoms with van der Waals surface area (Å²) in [6.45, 7) is 0. The van der Waals surface area contributed by atoms with Gasteiger partial charge in [-0.2, -0.15) is 0 Å². The number of halogens is 2. The number of imide groups is 1. The highest BCUT2D eigenvalue weighted by Gasteiger charge is 2.68. The summed E-state index contributed by atoms with van der Waals surface area (Å²) in [6, 6.07) is 19.6. The number of carbonyl (C=O) groups excluding carboxylic acids is 2. The average Bonchev–Trinajstić information content (AvgIpc) is 3.06. The van der Waals surface area contributed by atoms with Gasteiger partial charge >= 0.3 is 0 Å². The number of amides is 2. The van der Waals surface area contributed by atoms with Crippen LogP contribution in [0, 0.1) is 22.0 Å². The van der Waals surface area contributed by atoms with Gasteiger partial charge in [0.25, 0.3) is 5.69 Å². The molecule has 2 atom stereocenters. The lowest BCUT2D eigenvalue weighted by molar-refractivity contribution is -0.384. The lowest BCUT2D eigenvalue weighted by Gasteiger charge is -2.50. The van der Waals surface area contributed by atoms with Crippen LogP contribution < -0.4 is 4.90 Å². The van der Waals surface area contributed by atoms with Crippen molar-refractivity contribution >= 4 is 50.7 Å². The van der Waals surface area contributed by atoms with Gasteiger partial charge in [-0.15, -0.1) is 11.6 Å². The van der Waals surface area contributed by atoms with Crippen molar-refractivity contribution in [3.8, 4) is 0 Å². The first-order chi connectivity index (χ1) is 15.4. The lowest BCUT2D eigenvalue weighted by Crippen LogP contribution is -2.50. The Morgan fingerprint density at radius 3 is 2.12 bits per heavy atom. The second kappa shape index (κ2) is 6.49. The first kappa shape index (κ1) is 19.6. The molecule has 0 unspecified atom stereocenters. The molecule has 0 aromatic heterocycles. The van der Waals surface area contributed by atoms with Crippen LogP contribution in [0.15, 0.2) is 71.2 Å². The second-order valence-corrected chi connectivity index (χ2v) is 9.78. The van der Waals surface area contributed by atoms with Gasteiger partial charge in [-0.05, 0) is 34.4 Å². The number of nitro benzene ring substituents is 1. The number of nitro groups is 1. The van der Waals surface area contributed by atoms with Crippen molar-refractivity contribution in [2.75, 3.05) is 4.90 Å². The zero-order valence-electron chi connectivity index (χ0n) is 16.4. The highest BCUT2D eigenvalue weighted by molar-refractivity contribution is 9.10. The smallest absolute Gasteiger partial charge is 0.274 e. The van der Waals surface area contributed by atoms with E-state index in [4.69, 9.17) is 11.6 Å². The Hall–Kier alpha value is -3.03. The van der Waals surface area contributed by atoms with Crippen LogP contribution in [-0.2, 0) is 14.5 Å². The number of alkyl halides is 1. The minimum atomic E-state index is -1.22. The summed E-state index contributed by atoms with van der Waals surface area (Å²) >= 11 is 10.6. The molecule has 7 rings (SSSR count). The van der Waals surface area contributed by atoms with Gasteiger partial charge in [-0.3, -0.25) is 19.7 Å². The van der Waals surface area contributed by atoms with Crippen molar-refractivity contribution in [3.63, 3.8) is 0 Å². The fraction of sp³-hybridized carbons (Fsp3) is 0.167. The van der Waals surface area contributed by atoms with Gasteiger partial charge in [0.1, 0.15) is 10.6 Å². The summed E-state index contributed by atoms with van der Waals surface area (Å²) in [5, 5.41) is 11.7. The summed E-state index contributed by atoms with van der Waals surface area (Å²) in [4.78, 5) is 38.5. The van der Waals surface area contributed by atoms with E-state index in [0.717, 1.165) is 27.2 Å². The van der Waals surface area contributed by atoms with Crippen LogP contribution in [0.25, 0.3) is 0 Å². The number of carbonyl (C=O) groups is 2. The minimum absolute atomic E-state index is 0.0321. The van der Waals surface area contributed by atoms with Crippen molar-refractivity contribution in [2.24, 2.45) is 11.8 Å². The topological polar surface area (TPSA) is 80.5 Å². The zero-order chi connectivity index (χ0) is 22.4. The minimum Gasteiger partial charge on any atom is -0.274 e. The maximum absolute atomic E-state index is 13.8. The van der Waals surface area contributed by atoms with Crippen LogP contribution >= 0.6 is 27.5 Å². The predicted octanol–water partition coefficient (Wildman–Crippen LogP) is 5.10. The molecular weight excluding hydrogens is 496 g/mol. The van der Waals surface area contributed by atoms with E-state index in [0.29, 0.717) is 4.47 Å². The van der Waals surface area contributed by atoms with E-state index < -0.39 is 33.4 Å². The lowest BCUT2D eigenvalue weighted by atomic mass is 9.54. The van der Waals surface area contributed by atoms with Crippen molar-refractivity contribution < 1.29 is 14.5 Å². The Labute approximate surface area is 196 Å². The van der Waals surface area contributed by atoms with Crippen molar-refractivity contribution in [3.05, 3.63) is 104 Å². The number of anilines is 1. The Morgan fingerprint density at radius 2 is 1.53 bits per heavy atom. The van der Waals surface area contributed by atoms with Gasteiger partial charge in [-0.25, -0.2) is 4.90 Å². The fourth-order valence-electron chi connectivity index (χ4n) is 5.75. The molecular formula is C24H14BrClN2O4. The fourth-order valence-corrected chi connectivity index (χ4v) is 6.67. The number of hydrogen-bond donors (Lipinski definition) is 0. The quantitative estimate of drug-likeness (QED) is 0.208. The Morgan fingerprint density at radius 1 is 0.938 bits per heavy atom. The Kier molecular flexibility index (Phi) is 3.99. The molecule has 3 aliphatic carbocycles. The third-order valence-electron chi connectivity index (χ3n) is 6.89. The molecule has 1 heterocycles. The highest BCUT2D eigenvalue weighted by atomic mass is 79.9. The first-order valence-corrected chi connectivity index (χ1v) is 11.2. The van der Waals surface area contributed by atoms with Gasteiger partial charge in [-0.1, -0.05) is 64.5 Å². The monoisotopic (exact) mass is 508 g/mol. The van der Waals surface area contributed by atoms with E-state index in [1.165, 1.54) is 12.1 Å². The van der Waals surface area contributed by atoms with E-state index in [1.54, 1.807) is 6.07 Å². The number of nitrogens with zero attached hydrogens (tertiary/aromatic N) is 2. The summed E-state index contributed by atoms with van der Waals surface area (Å²) in [7, 11) is 0. The standard InChI is InChI=1S/C24H14BrClN2O4/c25-12-9-10-17(18(11-12)28(31)32)27-22(29)20-19-13-5-1-3-7-15(13)24(26,21(20)23(27)30)16-8-4-2-6-14(16)19/h1-11,19-21H/t19?,20-,21-,24?/m0/s1. The average molecular weight is 510 g/mol.